The fourth-order valence-electron chi connectivity index (χ4n) is 0.889. The van der Waals surface area contributed by atoms with E-state index in [0.717, 1.165) is 0 Å². The molecular weight excluding hydrogens is 192 g/mol. The van der Waals surface area contributed by atoms with Gasteiger partial charge in [0.2, 0.25) is 0 Å². The number of nitrogen functional groups attached to an aromatic ring is 1. The van der Waals surface area contributed by atoms with Crippen LogP contribution in [0.1, 0.15) is 5.56 Å². The molecule has 0 atom stereocenters. The van der Waals surface area contributed by atoms with Gasteiger partial charge in [-0.25, -0.2) is 8.78 Å². The molecule has 0 unspecified atom stereocenters. The molecule has 0 aliphatic heterocycles. The first-order valence-corrected chi connectivity index (χ1v) is 4.30. The van der Waals surface area contributed by atoms with Crippen LogP contribution in [0.25, 0.3) is 6.08 Å². The lowest BCUT2D eigenvalue weighted by atomic mass is 10.2. The Kier molecular flexibility index (Phi) is 3.31. The van der Waals surface area contributed by atoms with Gasteiger partial charge in [0.15, 0.2) is 0 Å². The summed E-state index contributed by atoms with van der Waals surface area (Å²) in [5, 5.41) is 0. The van der Waals surface area contributed by atoms with Crippen molar-refractivity contribution in [1.29, 1.82) is 0 Å². The van der Waals surface area contributed by atoms with Crippen LogP contribution in [0, 0.1) is 11.6 Å². The molecule has 1 nitrogen and oxygen atoms in total. The summed E-state index contributed by atoms with van der Waals surface area (Å²) in [7, 11) is 0. The van der Waals surface area contributed by atoms with Crippen molar-refractivity contribution in [2.45, 2.75) is 0 Å². The molecule has 0 aliphatic rings. The maximum Gasteiger partial charge on any atom is 0.149 e. The largest absolute Gasteiger partial charge is 0.394 e. The van der Waals surface area contributed by atoms with Gasteiger partial charge in [0.05, 0.1) is 0 Å². The predicted molar refractivity (Wildman–Crippen MR) is 53.7 cm³/mol. The molecule has 0 spiro atoms. The summed E-state index contributed by atoms with van der Waals surface area (Å²) in [5.41, 5.74) is 5.09. The zero-order valence-electron chi connectivity index (χ0n) is 6.80. The molecule has 0 amide bonds. The lowest BCUT2D eigenvalue weighted by Crippen LogP contribution is -1.95. The number of thiol groups is 1. The van der Waals surface area contributed by atoms with Crippen molar-refractivity contribution in [3.8, 4) is 0 Å². The van der Waals surface area contributed by atoms with E-state index in [2.05, 4.69) is 12.6 Å². The molecule has 0 heterocycles. The van der Waals surface area contributed by atoms with Crippen LogP contribution in [0.15, 0.2) is 18.2 Å². The van der Waals surface area contributed by atoms with Crippen LogP contribution in [-0.4, -0.2) is 5.75 Å². The van der Waals surface area contributed by atoms with Gasteiger partial charge in [-0.3, -0.25) is 0 Å². The van der Waals surface area contributed by atoms with Gasteiger partial charge in [0, 0.05) is 5.75 Å². The van der Waals surface area contributed by atoms with Crippen molar-refractivity contribution < 1.29 is 8.78 Å². The van der Waals surface area contributed by atoms with Gasteiger partial charge in [0.25, 0.3) is 0 Å². The Labute approximate surface area is 80.7 Å². The van der Waals surface area contributed by atoms with Crippen molar-refractivity contribution >= 4 is 24.4 Å². The zero-order valence-corrected chi connectivity index (χ0v) is 7.69. The zero-order chi connectivity index (χ0) is 9.84. The monoisotopic (exact) mass is 201 g/mol. The van der Waals surface area contributed by atoms with Crippen molar-refractivity contribution in [1.82, 2.24) is 0 Å². The molecule has 0 saturated heterocycles. The van der Waals surface area contributed by atoms with Crippen molar-refractivity contribution in [3.63, 3.8) is 0 Å². The van der Waals surface area contributed by atoms with E-state index in [4.69, 9.17) is 5.73 Å². The highest BCUT2D eigenvalue weighted by Gasteiger charge is 2.05. The molecule has 13 heavy (non-hydrogen) atoms. The summed E-state index contributed by atoms with van der Waals surface area (Å²) in [6.45, 7) is 0. The van der Waals surface area contributed by atoms with Crippen LogP contribution in [0.5, 0.6) is 0 Å². The van der Waals surface area contributed by atoms with E-state index >= 15 is 0 Å². The Morgan fingerprint density at radius 2 is 1.85 bits per heavy atom. The van der Waals surface area contributed by atoms with Crippen LogP contribution >= 0.6 is 12.6 Å². The molecular formula is C9H9F2NS. The molecule has 0 radical (unpaired) electrons. The van der Waals surface area contributed by atoms with Gasteiger partial charge in [-0.1, -0.05) is 12.2 Å². The first-order valence-electron chi connectivity index (χ1n) is 3.67. The Morgan fingerprint density at radius 1 is 1.31 bits per heavy atom. The van der Waals surface area contributed by atoms with Gasteiger partial charge in [-0.2, -0.15) is 12.6 Å². The topological polar surface area (TPSA) is 26.0 Å². The van der Waals surface area contributed by atoms with Crippen molar-refractivity contribution in [2.75, 3.05) is 11.5 Å². The molecule has 0 fully saturated rings. The second-order valence-electron chi connectivity index (χ2n) is 2.48. The normalized spacial score (nSPS) is 11.0. The number of hydrogen-bond acceptors (Lipinski definition) is 2. The minimum absolute atomic E-state index is 0.442. The number of benzene rings is 1. The average molecular weight is 201 g/mol. The molecule has 0 aromatic heterocycles. The SMILES string of the molecule is Nc1c(F)cc(C=CCS)cc1F. The lowest BCUT2D eigenvalue weighted by Gasteiger charge is -2.00. The molecule has 0 saturated carbocycles. The summed E-state index contributed by atoms with van der Waals surface area (Å²) in [5.74, 6) is -0.953. The van der Waals surface area contributed by atoms with E-state index in [1.54, 1.807) is 12.2 Å². The molecule has 0 bridgehead atoms. The molecule has 2 N–H and O–H groups in total. The van der Waals surface area contributed by atoms with Crippen LogP contribution in [0.3, 0.4) is 0 Å². The third kappa shape index (κ3) is 2.45. The second-order valence-corrected chi connectivity index (χ2v) is 2.85. The first kappa shape index (κ1) is 10.1. The fraction of sp³-hybridized carbons (Fsp3) is 0.111. The summed E-state index contributed by atoms with van der Waals surface area (Å²) in [4.78, 5) is 0. The van der Waals surface area contributed by atoms with Crippen LogP contribution in [-0.2, 0) is 0 Å². The van der Waals surface area contributed by atoms with Crippen LogP contribution < -0.4 is 5.73 Å². The predicted octanol–water partition coefficient (Wildman–Crippen LogP) is 2.49. The van der Waals surface area contributed by atoms with E-state index in [9.17, 15) is 8.78 Å². The molecule has 70 valence electrons. The summed E-state index contributed by atoms with van der Waals surface area (Å²) in [6.07, 6.45) is 3.27. The minimum Gasteiger partial charge on any atom is -0.394 e. The third-order valence-corrected chi connectivity index (χ3v) is 1.73. The Morgan fingerprint density at radius 3 is 2.31 bits per heavy atom. The van der Waals surface area contributed by atoms with Gasteiger partial charge >= 0.3 is 0 Å². The molecule has 1 aromatic rings. The molecule has 4 heteroatoms. The third-order valence-electron chi connectivity index (χ3n) is 1.52. The van der Waals surface area contributed by atoms with Crippen molar-refractivity contribution in [3.05, 3.63) is 35.4 Å². The standard InChI is InChI=1S/C9H9F2NS/c10-7-4-6(2-1-3-13)5-8(11)9(7)12/h1-2,4-5,13H,3,12H2. The smallest absolute Gasteiger partial charge is 0.149 e. The van der Waals surface area contributed by atoms with Crippen LogP contribution in [0.4, 0.5) is 14.5 Å². The van der Waals surface area contributed by atoms with Gasteiger partial charge in [0.1, 0.15) is 17.3 Å². The highest BCUT2D eigenvalue weighted by atomic mass is 32.1. The Balaban J connectivity index is 3.06. The molecule has 1 rings (SSSR count). The van der Waals surface area contributed by atoms with E-state index in [0.29, 0.717) is 11.3 Å². The van der Waals surface area contributed by atoms with Gasteiger partial charge < -0.3 is 5.73 Å². The number of rotatable bonds is 2. The van der Waals surface area contributed by atoms with Gasteiger partial charge in [-0.15, -0.1) is 0 Å². The molecule has 1 aromatic carbocycles. The van der Waals surface area contributed by atoms with Crippen LogP contribution in [0.2, 0.25) is 0 Å². The first-order chi connectivity index (χ1) is 6.15. The lowest BCUT2D eigenvalue weighted by molar-refractivity contribution is 0.591. The maximum absolute atomic E-state index is 12.8. The number of halogens is 2. The van der Waals surface area contributed by atoms with Gasteiger partial charge in [-0.05, 0) is 17.7 Å². The number of anilines is 1. The average Bonchev–Trinajstić information content (AvgIpc) is 2.10. The quantitative estimate of drug-likeness (QED) is 0.558. The highest BCUT2D eigenvalue weighted by Crippen LogP contribution is 2.17. The Hall–Kier alpha value is -1.03. The van der Waals surface area contributed by atoms with E-state index in [1.807, 2.05) is 0 Å². The van der Waals surface area contributed by atoms with Crippen molar-refractivity contribution in [2.24, 2.45) is 0 Å². The summed E-state index contributed by atoms with van der Waals surface area (Å²) < 4.78 is 25.7. The maximum atomic E-state index is 12.8. The Bertz CT molecular complexity index is 313. The number of nitrogens with two attached hydrogens (primary N) is 1. The fourth-order valence-corrected chi connectivity index (χ4v) is 0.994. The number of hydrogen-bond donors (Lipinski definition) is 2. The summed E-state index contributed by atoms with van der Waals surface area (Å²) in [6, 6.07) is 2.36. The van der Waals surface area contributed by atoms with E-state index in [1.165, 1.54) is 12.1 Å². The van der Waals surface area contributed by atoms with E-state index < -0.39 is 17.3 Å². The second kappa shape index (κ2) is 4.28. The van der Waals surface area contributed by atoms with E-state index in [-0.39, 0.29) is 0 Å². The highest BCUT2D eigenvalue weighted by molar-refractivity contribution is 7.80. The minimum atomic E-state index is -0.737. The molecule has 0 aliphatic carbocycles. The summed E-state index contributed by atoms with van der Waals surface area (Å²) >= 11 is 3.92.